The molecule has 0 rings (SSSR count). The fourth-order valence-electron chi connectivity index (χ4n) is 2.02. The number of ether oxygens (including phenoxy) is 1. The van der Waals surface area contributed by atoms with E-state index in [0.29, 0.717) is 13.0 Å². The largest absolute Gasteiger partial charge is 0.478 e. The van der Waals surface area contributed by atoms with Crippen LogP contribution in [0.3, 0.4) is 0 Å². The lowest BCUT2D eigenvalue weighted by atomic mass is 10.1. The van der Waals surface area contributed by atoms with Gasteiger partial charge in [-0.3, -0.25) is 0 Å². The van der Waals surface area contributed by atoms with E-state index in [-0.39, 0.29) is 5.57 Å². The average molecular weight is 400 g/mol. The van der Waals surface area contributed by atoms with E-state index in [1.165, 1.54) is 0 Å². The first-order valence-electron chi connectivity index (χ1n) is 9.49. The zero-order valence-electron chi connectivity index (χ0n) is 16.7. The summed E-state index contributed by atoms with van der Waals surface area (Å²) in [5.74, 6) is -4.07. The lowest BCUT2D eigenvalue weighted by molar-refractivity contribution is -0.138. The second-order valence-corrected chi connectivity index (χ2v) is 6.02. The van der Waals surface area contributed by atoms with Crippen molar-refractivity contribution in [2.24, 2.45) is 0 Å². The van der Waals surface area contributed by atoms with Crippen molar-refractivity contribution in [3.05, 3.63) is 23.8 Å². The molecule has 0 aliphatic heterocycles. The molecule has 0 amide bonds. The Balaban J connectivity index is 0. The number of hydrogen-bond donors (Lipinski definition) is 3. The van der Waals surface area contributed by atoms with Gasteiger partial charge in [0.15, 0.2) is 0 Å². The molecule has 0 spiro atoms. The number of hydrogen-bond acceptors (Lipinski definition) is 5. The van der Waals surface area contributed by atoms with Crippen molar-refractivity contribution in [1.82, 2.24) is 0 Å². The zero-order chi connectivity index (χ0) is 21.8. The lowest BCUT2D eigenvalue weighted by Gasteiger charge is -2.00. The van der Waals surface area contributed by atoms with E-state index in [1.54, 1.807) is 0 Å². The first-order chi connectivity index (χ1) is 13.2. The van der Waals surface area contributed by atoms with Crippen LogP contribution in [-0.4, -0.2) is 45.8 Å². The van der Waals surface area contributed by atoms with Gasteiger partial charge in [0.2, 0.25) is 0 Å². The summed E-state index contributed by atoms with van der Waals surface area (Å²) in [5.41, 5.74) is -0.0198. The van der Waals surface area contributed by atoms with Crippen LogP contribution in [0.15, 0.2) is 23.8 Å². The van der Waals surface area contributed by atoms with Gasteiger partial charge < -0.3 is 20.1 Å². The smallest absolute Gasteiger partial charge is 0.331 e. The highest BCUT2D eigenvalue weighted by Crippen LogP contribution is 2.10. The minimum atomic E-state index is -1.20. The molecule has 0 atom stereocenters. The molecule has 0 aliphatic rings. The normalized spacial score (nSPS) is 10.9. The number of carbonyl (C=O) groups is 4. The number of carboxylic acid groups (broad SMARTS) is 3. The molecule has 3 N–H and O–H groups in total. The molecule has 0 aliphatic carbocycles. The standard InChI is InChI=1S/2C10H16O4/c1-2-3-4-5-8-14-10(13)7-6-9(11)12;1-2-3-4-5-6-8(10(13)14)7-9(11)12/h6-7H,2-5,8H2,1H3,(H,11,12);7H,2-6H2,1H3,(H,11,12)(H,13,14)/b7-6-;8-7-. The average Bonchev–Trinajstić information content (AvgIpc) is 2.62. The second-order valence-electron chi connectivity index (χ2n) is 6.02. The number of unbranched alkanes of at least 4 members (excludes halogenated alkanes) is 6. The van der Waals surface area contributed by atoms with E-state index in [4.69, 9.17) is 20.1 Å². The summed E-state index contributed by atoms with van der Waals surface area (Å²) in [6.45, 7) is 4.52. The van der Waals surface area contributed by atoms with Crippen LogP contribution in [-0.2, 0) is 23.9 Å². The first kappa shape index (κ1) is 27.6. The summed E-state index contributed by atoms with van der Waals surface area (Å²) in [4.78, 5) is 41.7. The number of carboxylic acids is 3. The van der Waals surface area contributed by atoms with Crippen molar-refractivity contribution in [2.75, 3.05) is 6.61 Å². The molecule has 0 saturated carbocycles. The van der Waals surface area contributed by atoms with Crippen LogP contribution in [0.2, 0.25) is 0 Å². The Morgan fingerprint density at radius 3 is 1.79 bits per heavy atom. The molecule has 0 aromatic heterocycles. The maximum Gasteiger partial charge on any atom is 0.331 e. The van der Waals surface area contributed by atoms with Crippen molar-refractivity contribution in [3.63, 3.8) is 0 Å². The Bertz CT molecular complexity index is 532. The van der Waals surface area contributed by atoms with Gasteiger partial charge in [-0.1, -0.05) is 52.4 Å². The Morgan fingerprint density at radius 1 is 0.750 bits per heavy atom. The highest BCUT2D eigenvalue weighted by atomic mass is 16.5. The van der Waals surface area contributed by atoms with Gasteiger partial charge in [-0.25, -0.2) is 19.2 Å². The van der Waals surface area contributed by atoms with Gasteiger partial charge in [0.25, 0.3) is 0 Å². The first-order valence-corrected chi connectivity index (χ1v) is 9.49. The zero-order valence-corrected chi connectivity index (χ0v) is 16.7. The van der Waals surface area contributed by atoms with Crippen LogP contribution in [0.5, 0.6) is 0 Å². The van der Waals surface area contributed by atoms with Crippen LogP contribution in [0.25, 0.3) is 0 Å². The van der Waals surface area contributed by atoms with Crippen LogP contribution in [0, 0.1) is 0 Å². The van der Waals surface area contributed by atoms with Crippen LogP contribution < -0.4 is 0 Å². The molecule has 0 saturated heterocycles. The molecule has 0 heterocycles. The van der Waals surface area contributed by atoms with Gasteiger partial charge in [0, 0.05) is 23.8 Å². The predicted octanol–water partition coefficient (Wildman–Crippen LogP) is 3.80. The summed E-state index contributed by atoms with van der Waals surface area (Å²) in [6, 6.07) is 0. The van der Waals surface area contributed by atoms with Crippen molar-refractivity contribution in [3.8, 4) is 0 Å². The van der Waals surface area contributed by atoms with Crippen molar-refractivity contribution >= 4 is 23.9 Å². The molecule has 0 aromatic rings. The SMILES string of the molecule is CCCCCC/C(=C/C(=O)O)C(=O)O.CCCCCCOC(=O)/C=C\C(=O)O. The highest BCUT2D eigenvalue weighted by molar-refractivity contribution is 5.94. The predicted molar refractivity (Wildman–Crippen MR) is 104 cm³/mol. The summed E-state index contributed by atoms with van der Waals surface area (Å²) < 4.78 is 4.75. The highest BCUT2D eigenvalue weighted by Gasteiger charge is 2.08. The molecule has 0 bridgehead atoms. The molecule has 0 fully saturated rings. The van der Waals surface area contributed by atoms with Crippen LogP contribution in [0.4, 0.5) is 0 Å². The van der Waals surface area contributed by atoms with Gasteiger partial charge in [-0.05, 0) is 19.3 Å². The summed E-state index contributed by atoms with van der Waals surface area (Å²) >= 11 is 0. The summed E-state index contributed by atoms with van der Waals surface area (Å²) in [6.07, 6.45) is 10.7. The Kier molecular flexibility index (Phi) is 18.8. The van der Waals surface area contributed by atoms with Gasteiger partial charge >= 0.3 is 23.9 Å². The number of aliphatic carboxylic acids is 3. The summed E-state index contributed by atoms with van der Waals surface area (Å²) in [7, 11) is 0. The number of carbonyl (C=O) groups excluding carboxylic acids is 1. The Morgan fingerprint density at radius 2 is 1.32 bits per heavy atom. The third kappa shape index (κ3) is 21.4. The van der Waals surface area contributed by atoms with Gasteiger partial charge in [-0.2, -0.15) is 0 Å². The third-order valence-corrected chi connectivity index (χ3v) is 3.48. The minimum absolute atomic E-state index is 0.0198. The van der Waals surface area contributed by atoms with Crippen molar-refractivity contribution < 1.29 is 39.2 Å². The van der Waals surface area contributed by atoms with E-state index in [1.807, 2.05) is 0 Å². The van der Waals surface area contributed by atoms with Crippen molar-refractivity contribution in [2.45, 2.75) is 71.6 Å². The maximum atomic E-state index is 10.8. The quantitative estimate of drug-likeness (QED) is 0.227. The van der Waals surface area contributed by atoms with Crippen molar-refractivity contribution in [1.29, 1.82) is 0 Å². The molecule has 8 heteroatoms. The van der Waals surface area contributed by atoms with Crippen LogP contribution in [0.1, 0.15) is 71.6 Å². The molecule has 0 radical (unpaired) electrons. The van der Waals surface area contributed by atoms with E-state index in [9.17, 15) is 19.2 Å². The van der Waals surface area contributed by atoms with E-state index in [0.717, 1.165) is 69.6 Å². The van der Waals surface area contributed by atoms with E-state index >= 15 is 0 Å². The van der Waals surface area contributed by atoms with E-state index in [2.05, 4.69) is 13.8 Å². The molecule has 28 heavy (non-hydrogen) atoms. The number of esters is 1. The molecular formula is C20H32O8. The fourth-order valence-corrected chi connectivity index (χ4v) is 2.02. The molecule has 0 unspecified atom stereocenters. The minimum Gasteiger partial charge on any atom is -0.478 e. The Hall–Kier alpha value is -2.64. The maximum absolute atomic E-state index is 10.8. The molecule has 0 aromatic carbocycles. The monoisotopic (exact) mass is 400 g/mol. The van der Waals surface area contributed by atoms with Gasteiger partial charge in [-0.15, -0.1) is 0 Å². The Labute approximate surface area is 165 Å². The molecule has 160 valence electrons. The van der Waals surface area contributed by atoms with Crippen LogP contribution >= 0.6 is 0 Å². The molecular weight excluding hydrogens is 368 g/mol. The third-order valence-electron chi connectivity index (χ3n) is 3.48. The van der Waals surface area contributed by atoms with Gasteiger partial charge in [0.05, 0.1) is 6.61 Å². The molecule has 8 nitrogen and oxygen atoms in total. The number of rotatable bonds is 14. The van der Waals surface area contributed by atoms with Gasteiger partial charge in [0.1, 0.15) is 0 Å². The fraction of sp³-hybridized carbons (Fsp3) is 0.600. The second kappa shape index (κ2) is 19.1. The lowest BCUT2D eigenvalue weighted by Crippen LogP contribution is -2.04. The summed E-state index contributed by atoms with van der Waals surface area (Å²) in [5, 5.41) is 25.3. The van der Waals surface area contributed by atoms with E-state index < -0.39 is 23.9 Å². The topological polar surface area (TPSA) is 138 Å².